The first kappa shape index (κ1) is 16.7. The lowest BCUT2D eigenvalue weighted by Crippen LogP contribution is -2.31. The lowest BCUT2D eigenvalue weighted by Gasteiger charge is -2.17. The minimum Gasteiger partial charge on any atom is -0.480 e. The summed E-state index contributed by atoms with van der Waals surface area (Å²) in [5.74, 6) is -1.04. The zero-order chi connectivity index (χ0) is 12.6. The van der Waals surface area contributed by atoms with Gasteiger partial charge in [-0.3, -0.25) is 9.59 Å². The standard InChI is InChI=1S/C6H12O2.C3H7NO2S/c1-5(7)8-6(2,3)4;4-2(1-7)3(5)6/h1-4H3;2,7H,1,4H2,(H,5,6)/t;2-/m.0/s1. The van der Waals surface area contributed by atoms with Gasteiger partial charge in [0.2, 0.25) is 0 Å². The third-order valence-electron chi connectivity index (χ3n) is 0.964. The van der Waals surface area contributed by atoms with E-state index >= 15 is 0 Å². The molecule has 15 heavy (non-hydrogen) atoms. The Labute approximate surface area is 95.4 Å². The molecule has 1 atom stereocenters. The number of esters is 1. The zero-order valence-electron chi connectivity index (χ0n) is 9.48. The van der Waals surface area contributed by atoms with Crippen LogP contribution in [0.5, 0.6) is 0 Å². The zero-order valence-corrected chi connectivity index (χ0v) is 10.4. The predicted molar refractivity (Wildman–Crippen MR) is 61.0 cm³/mol. The molecule has 0 saturated heterocycles. The molecule has 0 unspecified atom stereocenters. The fourth-order valence-electron chi connectivity index (χ4n) is 0.509. The van der Waals surface area contributed by atoms with Gasteiger partial charge in [0.15, 0.2) is 0 Å². The van der Waals surface area contributed by atoms with Crippen molar-refractivity contribution >= 4 is 24.6 Å². The second kappa shape index (κ2) is 7.53. The lowest BCUT2D eigenvalue weighted by atomic mass is 10.2. The van der Waals surface area contributed by atoms with E-state index in [1.807, 2.05) is 20.8 Å². The molecule has 0 aliphatic rings. The molecular weight excluding hydrogens is 218 g/mol. The van der Waals surface area contributed by atoms with Crippen molar-refractivity contribution in [2.45, 2.75) is 39.3 Å². The van der Waals surface area contributed by atoms with Crippen molar-refractivity contribution in [2.75, 3.05) is 5.75 Å². The van der Waals surface area contributed by atoms with Crippen molar-refractivity contribution in [1.82, 2.24) is 0 Å². The van der Waals surface area contributed by atoms with Crippen LogP contribution in [0.15, 0.2) is 0 Å². The molecule has 0 rings (SSSR count). The fourth-order valence-corrected chi connectivity index (χ4v) is 0.665. The number of rotatable bonds is 2. The molecule has 0 aliphatic carbocycles. The molecular formula is C9H19NO4S. The average Bonchev–Trinajstić information content (AvgIpc) is 1.99. The molecule has 3 N–H and O–H groups in total. The molecule has 6 heteroatoms. The molecule has 0 saturated carbocycles. The van der Waals surface area contributed by atoms with E-state index in [2.05, 4.69) is 12.6 Å². The van der Waals surface area contributed by atoms with E-state index in [9.17, 15) is 9.59 Å². The van der Waals surface area contributed by atoms with Crippen molar-refractivity contribution in [3.8, 4) is 0 Å². The van der Waals surface area contributed by atoms with Gasteiger partial charge in [0.1, 0.15) is 11.6 Å². The second-order valence-electron chi connectivity index (χ2n) is 3.83. The number of carboxylic acids is 1. The van der Waals surface area contributed by atoms with Crippen LogP contribution in [0.1, 0.15) is 27.7 Å². The van der Waals surface area contributed by atoms with E-state index in [1.165, 1.54) is 6.92 Å². The Bertz CT molecular complexity index is 213. The van der Waals surface area contributed by atoms with Crippen LogP contribution < -0.4 is 5.73 Å². The van der Waals surface area contributed by atoms with Gasteiger partial charge in [0, 0.05) is 12.7 Å². The van der Waals surface area contributed by atoms with Crippen LogP contribution >= 0.6 is 12.6 Å². The van der Waals surface area contributed by atoms with Crippen molar-refractivity contribution < 1.29 is 19.4 Å². The van der Waals surface area contributed by atoms with Gasteiger partial charge in [-0.15, -0.1) is 0 Å². The summed E-state index contributed by atoms with van der Waals surface area (Å²) in [6, 6.07) is -0.816. The van der Waals surface area contributed by atoms with Gasteiger partial charge in [-0.05, 0) is 20.8 Å². The van der Waals surface area contributed by atoms with E-state index in [0.29, 0.717) is 0 Å². The number of hydrogen-bond donors (Lipinski definition) is 3. The maximum atomic E-state index is 10.2. The molecule has 0 fully saturated rings. The number of nitrogens with two attached hydrogens (primary N) is 1. The fraction of sp³-hybridized carbons (Fsp3) is 0.778. The smallest absolute Gasteiger partial charge is 0.321 e. The predicted octanol–water partition coefficient (Wildman–Crippen LogP) is 0.676. The second-order valence-corrected chi connectivity index (χ2v) is 4.20. The average molecular weight is 237 g/mol. The van der Waals surface area contributed by atoms with Crippen LogP contribution in [-0.4, -0.2) is 34.4 Å². The first-order chi connectivity index (χ1) is 6.60. The highest BCUT2D eigenvalue weighted by Gasteiger charge is 2.11. The Morgan fingerprint density at radius 3 is 1.87 bits per heavy atom. The summed E-state index contributed by atoms with van der Waals surface area (Å²) >= 11 is 3.65. The van der Waals surface area contributed by atoms with Gasteiger partial charge in [0.05, 0.1) is 0 Å². The van der Waals surface area contributed by atoms with Gasteiger partial charge >= 0.3 is 11.9 Å². The summed E-state index contributed by atoms with van der Waals surface area (Å²) in [5, 5.41) is 8.01. The SMILES string of the molecule is CC(=O)OC(C)(C)C.N[C@@H](CS)C(=O)O. The molecule has 0 aromatic rings. The quantitative estimate of drug-likeness (QED) is 0.485. The summed E-state index contributed by atoms with van der Waals surface area (Å²) in [4.78, 5) is 20.0. The van der Waals surface area contributed by atoms with Crippen molar-refractivity contribution in [1.29, 1.82) is 0 Å². The van der Waals surface area contributed by atoms with Crippen LogP contribution in [0.3, 0.4) is 0 Å². The van der Waals surface area contributed by atoms with Crippen LogP contribution in [-0.2, 0) is 14.3 Å². The van der Waals surface area contributed by atoms with Gasteiger partial charge in [-0.2, -0.15) is 12.6 Å². The van der Waals surface area contributed by atoms with Crippen LogP contribution in [0, 0.1) is 0 Å². The highest BCUT2D eigenvalue weighted by molar-refractivity contribution is 7.80. The first-order valence-electron chi connectivity index (χ1n) is 4.39. The van der Waals surface area contributed by atoms with Crippen LogP contribution in [0.25, 0.3) is 0 Å². The number of carbonyl (C=O) groups is 2. The molecule has 0 radical (unpaired) electrons. The van der Waals surface area contributed by atoms with Crippen molar-refractivity contribution in [3.63, 3.8) is 0 Å². The Morgan fingerprint density at radius 2 is 1.87 bits per heavy atom. The van der Waals surface area contributed by atoms with E-state index in [1.54, 1.807) is 0 Å². The molecule has 90 valence electrons. The molecule has 0 amide bonds. The Morgan fingerprint density at radius 1 is 1.47 bits per heavy atom. The molecule has 0 aromatic carbocycles. The minimum atomic E-state index is -1.00. The van der Waals surface area contributed by atoms with E-state index in [0.717, 1.165) is 0 Å². The van der Waals surface area contributed by atoms with Gasteiger partial charge in [0.25, 0.3) is 0 Å². The number of ether oxygens (including phenoxy) is 1. The Hall–Kier alpha value is -0.750. The number of hydrogen-bond acceptors (Lipinski definition) is 5. The van der Waals surface area contributed by atoms with E-state index in [-0.39, 0.29) is 17.3 Å². The third kappa shape index (κ3) is 16.0. The van der Waals surface area contributed by atoms with Crippen molar-refractivity contribution in [3.05, 3.63) is 0 Å². The largest absolute Gasteiger partial charge is 0.480 e. The Balaban J connectivity index is 0. The maximum Gasteiger partial charge on any atom is 0.321 e. The summed E-state index contributed by atoms with van der Waals surface area (Å²) in [6.07, 6.45) is 0. The summed E-state index contributed by atoms with van der Waals surface area (Å²) < 4.78 is 4.80. The van der Waals surface area contributed by atoms with Gasteiger partial charge in [-0.1, -0.05) is 0 Å². The third-order valence-corrected chi connectivity index (χ3v) is 1.36. The number of carbonyl (C=O) groups excluding carboxylic acids is 1. The molecule has 0 spiro atoms. The summed E-state index contributed by atoms with van der Waals surface area (Å²) in [6.45, 7) is 6.93. The topological polar surface area (TPSA) is 89.6 Å². The highest BCUT2D eigenvalue weighted by Crippen LogP contribution is 2.05. The van der Waals surface area contributed by atoms with Crippen LogP contribution in [0.2, 0.25) is 0 Å². The maximum absolute atomic E-state index is 10.2. The molecule has 0 heterocycles. The van der Waals surface area contributed by atoms with Crippen molar-refractivity contribution in [2.24, 2.45) is 5.73 Å². The molecule has 0 aromatic heterocycles. The molecule has 0 aliphatic heterocycles. The number of carboxylic acid groups (broad SMARTS) is 1. The van der Waals surface area contributed by atoms with Gasteiger partial charge < -0.3 is 15.6 Å². The highest BCUT2D eigenvalue weighted by atomic mass is 32.1. The normalized spacial score (nSPS) is 12.1. The molecule has 5 nitrogen and oxygen atoms in total. The first-order valence-corrected chi connectivity index (χ1v) is 5.02. The number of aliphatic carboxylic acids is 1. The number of thiol groups is 1. The Kier molecular flexibility index (Phi) is 8.37. The molecule has 0 bridgehead atoms. The monoisotopic (exact) mass is 237 g/mol. The lowest BCUT2D eigenvalue weighted by molar-refractivity contribution is -0.151. The van der Waals surface area contributed by atoms with Crippen LogP contribution in [0.4, 0.5) is 0 Å². The van der Waals surface area contributed by atoms with E-state index in [4.69, 9.17) is 15.6 Å². The van der Waals surface area contributed by atoms with Gasteiger partial charge in [-0.25, -0.2) is 0 Å². The van der Waals surface area contributed by atoms with E-state index < -0.39 is 12.0 Å². The summed E-state index contributed by atoms with van der Waals surface area (Å²) in [7, 11) is 0. The minimum absolute atomic E-state index is 0.190. The summed E-state index contributed by atoms with van der Waals surface area (Å²) in [5.41, 5.74) is 4.61.